The number of hydrogen-bond acceptors (Lipinski definition) is 1. The first-order chi connectivity index (χ1) is 4.84. The van der Waals surface area contributed by atoms with Gasteiger partial charge in [-0.3, -0.25) is 5.41 Å². The van der Waals surface area contributed by atoms with Crippen LogP contribution in [-0.2, 0) is 6.54 Å². The third kappa shape index (κ3) is 1.26. The van der Waals surface area contributed by atoms with E-state index in [1.165, 1.54) is 0 Å². The van der Waals surface area contributed by atoms with Gasteiger partial charge in [0.15, 0.2) is 0 Å². The maximum absolute atomic E-state index is 7.34. The Morgan fingerprint density at radius 1 is 1.60 bits per heavy atom. The summed E-state index contributed by atoms with van der Waals surface area (Å²) < 4.78 is 1.69. The summed E-state index contributed by atoms with van der Waals surface area (Å²) in [5, 5.41) is 7.34. The van der Waals surface area contributed by atoms with E-state index in [-0.39, 0.29) is 0 Å². The van der Waals surface area contributed by atoms with Crippen LogP contribution in [0.15, 0.2) is 24.4 Å². The second kappa shape index (κ2) is 2.88. The molecule has 0 amide bonds. The number of terminal acetylenes is 1. The molecule has 0 aliphatic heterocycles. The summed E-state index contributed by atoms with van der Waals surface area (Å²) in [4.78, 5) is 0. The number of aromatic nitrogens is 1. The molecule has 2 heteroatoms. The topological polar surface area (TPSA) is 28.8 Å². The van der Waals surface area contributed by atoms with Crippen molar-refractivity contribution in [3.05, 3.63) is 29.9 Å². The van der Waals surface area contributed by atoms with Gasteiger partial charge in [0, 0.05) is 6.20 Å². The molecule has 0 saturated carbocycles. The van der Waals surface area contributed by atoms with Crippen molar-refractivity contribution in [3.63, 3.8) is 0 Å². The minimum atomic E-state index is 0.445. The molecule has 0 aliphatic rings. The van der Waals surface area contributed by atoms with Crippen LogP contribution in [0.2, 0.25) is 0 Å². The highest BCUT2D eigenvalue weighted by Gasteiger charge is 1.83. The highest BCUT2D eigenvalue weighted by atomic mass is 15.0. The molecule has 0 radical (unpaired) electrons. The van der Waals surface area contributed by atoms with Gasteiger partial charge in [-0.25, -0.2) is 0 Å². The molecule has 1 aromatic heterocycles. The Bertz CT molecular complexity index is 304. The molecule has 1 aromatic rings. The standard InChI is InChI=1S/C8H8N2/c1-2-6-10-7-4-3-5-8(10)9/h1,3-5,7,9H,6H2. The van der Waals surface area contributed by atoms with Crippen molar-refractivity contribution in [1.82, 2.24) is 4.57 Å². The average Bonchev–Trinajstić information content (AvgIpc) is 1.94. The summed E-state index contributed by atoms with van der Waals surface area (Å²) in [6, 6.07) is 5.38. The zero-order valence-electron chi connectivity index (χ0n) is 5.54. The van der Waals surface area contributed by atoms with E-state index in [0.717, 1.165) is 0 Å². The lowest BCUT2D eigenvalue weighted by atomic mass is 10.4. The zero-order valence-corrected chi connectivity index (χ0v) is 5.54. The fourth-order valence-electron chi connectivity index (χ4n) is 0.713. The van der Waals surface area contributed by atoms with Crippen LogP contribution in [0, 0.1) is 17.8 Å². The Labute approximate surface area is 59.6 Å². The fourth-order valence-corrected chi connectivity index (χ4v) is 0.713. The maximum Gasteiger partial charge on any atom is 0.125 e. The molecule has 0 atom stereocenters. The van der Waals surface area contributed by atoms with Crippen molar-refractivity contribution >= 4 is 0 Å². The summed E-state index contributed by atoms with van der Waals surface area (Å²) in [6.07, 6.45) is 6.87. The van der Waals surface area contributed by atoms with Crippen LogP contribution in [0.25, 0.3) is 0 Å². The molecule has 0 spiro atoms. The Morgan fingerprint density at radius 2 is 2.40 bits per heavy atom. The van der Waals surface area contributed by atoms with Gasteiger partial charge in [0.2, 0.25) is 0 Å². The van der Waals surface area contributed by atoms with E-state index in [2.05, 4.69) is 5.92 Å². The van der Waals surface area contributed by atoms with E-state index in [1.54, 1.807) is 16.8 Å². The van der Waals surface area contributed by atoms with Crippen LogP contribution in [0.3, 0.4) is 0 Å². The van der Waals surface area contributed by atoms with Crippen molar-refractivity contribution in [3.8, 4) is 12.3 Å². The minimum Gasteiger partial charge on any atom is -0.322 e. The molecule has 0 bridgehead atoms. The molecule has 0 fully saturated rings. The molecule has 2 nitrogen and oxygen atoms in total. The third-order valence-electron chi connectivity index (χ3n) is 1.20. The highest BCUT2D eigenvalue weighted by molar-refractivity contribution is 4.95. The molecule has 1 N–H and O–H groups in total. The van der Waals surface area contributed by atoms with E-state index >= 15 is 0 Å². The Balaban J connectivity index is 3.07. The molecular formula is C8H8N2. The van der Waals surface area contributed by atoms with Crippen LogP contribution >= 0.6 is 0 Å². The van der Waals surface area contributed by atoms with Gasteiger partial charge in [0.25, 0.3) is 0 Å². The molecular weight excluding hydrogens is 124 g/mol. The number of pyridine rings is 1. The SMILES string of the molecule is C#CCn1ccccc1=N. The zero-order chi connectivity index (χ0) is 7.40. The van der Waals surface area contributed by atoms with Gasteiger partial charge in [-0.15, -0.1) is 6.42 Å². The first-order valence-corrected chi connectivity index (χ1v) is 2.98. The lowest BCUT2D eigenvalue weighted by Gasteiger charge is -1.98. The maximum atomic E-state index is 7.34. The number of hydrogen-bond donors (Lipinski definition) is 1. The number of rotatable bonds is 1. The molecule has 50 valence electrons. The molecule has 1 heterocycles. The predicted octanol–water partition coefficient (Wildman–Crippen LogP) is 0.601. The molecule has 0 unspecified atom stereocenters. The molecule has 0 aromatic carbocycles. The molecule has 10 heavy (non-hydrogen) atoms. The summed E-state index contributed by atoms with van der Waals surface area (Å²) in [7, 11) is 0. The van der Waals surface area contributed by atoms with E-state index in [4.69, 9.17) is 11.8 Å². The smallest absolute Gasteiger partial charge is 0.125 e. The highest BCUT2D eigenvalue weighted by Crippen LogP contribution is 1.78. The fraction of sp³-hybridized carbons (Fsp3) is 0.125. The van der Waals surface area contributed by atoms with Gasteiger partial charge in [-0.05, 0) is 12.1 Å². The Hall–Kier alpha value is -1.49. The summed E-state index contributed by atoms with van der Waals surface area (Å²) in [5.74, 6) is 2.47. The predicted molar refractivity (Wildman–Crippen MR) is 39.1 cm³/mol. The Morgan fingerprint density at radius 3 is 3.00 bits per heavy atom. The van der Waals surface area contributed by atoms with E-state index in [0.29, 0.717) is 12.0 Å². The average molecular weight is 132 g/mol. The first-order valence-electron chi connectivity index (χ1n) is 2.98. The molecule has 0 saturated heterocycles. The van der Waals surface area contributed by atoms with Crippen LogP contribution in [-0.4, -0.2) is 4.57 Å². The van der Waals surface area contributed by atoms with Gasteiger partial charge in [-0.1, -0.05) is 12.0 Å². The lowest BCUT2D eigenvalue weighted by Crippen LogP contribution is -2.16. The van der Waals surface area contributed by atoms with Crippen molar-refractivity contribution in [1.29, 1.82) is 5.41 Å². The van der Waals surface area contributed by atoms with E-state index in [9.17, 15) is 0 Å². The summed E-state index contributed by atoms with van der Waals surface area (Å²) in [6.45, 7) is 0.472. The summed E-state index contributed by atoms with van der Waals surface area (Å²) in [5.41, 5.74) is 0.445. The van der Waals surface area contributed by atoms with Crippen LogP contribution < -0.4 is 5.49 Å². The van der Waals surface area contributed by atoms with Gasteiger partial charge in [0.05, 0.1) is 6.54 Å². The molecule has 1 rings (SSSR count). The van der Waals surface area contributed by atoms with Gasteiger partial charge in [-0.2, -0.15) is 0 Å². The van der Waals surface area contributed by atoms with Crippen molar-refractivity contribution < 1.29 is 0 Å². The van der Waals surface area contributed by atoms with Crippen LogP contribution in [0.1, 0.15) is 0 Å². The van der Waals surface area contributed by atoms with Crippen LogP contribution in [0.5, 0.6) is 0 Å². The van der Waals surface area contributed by atoms with E-state index < -0.39 is 0 Å². The minimum absolute atomic E-state index is 0.445. The summed E-state index contributed by atoms with van der Waals surface area (Å²) >= 11 is 0. The van der Waals surface area contributed by atoms with Gasteiger partial charge >= 0.3 is 0 Å². The lowest BCUT2D eigenvalue weighted by molar-refractivity contribution is 0.763. The normalized spacial score (nSPS) is 8.70. The number of nitrogens with one attached hydrogen (secondary N) is 1. The van der Waals surface area contributed by atoms with Gasteiger partial charge < -0.3 is 4.57 Å². The first kappa shape index (κ1) is 6.63. The van der Waals surface area contributed by atoms with E-state index in [1.807, 2.05) is 12.1 Å². The number of nitrogens with zero attached hydrogens (tertiary/aromatic N) is 1. The van der Waals surface area contributed by atoms with Gasteiger partial charge in [0.1, 0.15) is 5.49 Å². The quantitative estimate of drug-likeness (QED) is 0.542. The van der Waals surface area contributed by atoms with Crippen molar-refractivity contribution in [2.45, 2.75) is 6.54 Å². The Kier molecular flexibility index (Phi) is 1.91. The third-order valence-corrected chi connectivity index (χ3v) is 1.20. The monoisotopic (exact) mass is 132 g/mol. The van der Waals surface area contributed by atoms with Crippen molar-refractivity contribution in [2.75, 3.05) is 0 Å². The van der Waals surface area contributed by atoms with Crippen LogP contribution in [0.4, 0.5) is 0 Å². The van der Waals surface area contributed by atoms with Crippen molar-refractivity contribution in [2.24, 2.45) is 0 Å². The second-order valence-corrected chi connectivity index (χ2v) is 1.92. The second-order valence-electron chi connectivity index (χ2n) is 1.92. The largest absolute Gasteiger partial charge is 0.322 e. The molecule has 0 aliphatic carbocycles.